The lowest BCUT2D eigenvalue weighted by Crippen LogP contribution is -2.10. The Morgan fingerprint density at radius 2 is 1.55 bits per heavy atom. The molecule has 0 spiro atoms. The highest BCUT2D eigenvalue weighted by Crippen LogP contribution is 2.65. The van der Waals surface area contributed by atoms with Gasteiger partial charge in [0.1, 0.15) is 0 Å². The van der Waals surface area contributed by atoms with Crippen LogP contribution in [0, 0.1) is 0 Å². The van der Waals surface area contributed by atoms with Crippen molar-refractivity contribution in [3.63, 3.8) is 0 Å². The highest BCUT2D eigenvalue weighted by molar-refractivity contribution is 7.58. The lowest BCUT2D eigenvalue weighted by molar-refractivity contribution is 0.664. The van der Waals surface area contributed by atoms with Gasteiger partial charge in [-0.2, -0.15) is 0 Å². The summed E-state index contributed by atoms with van der Waals surface area (Å²) in [7, 11) is 0.0511. The van der Waals surface area contributed by atoms with Gasteiger partial charge in [-0.1, -0.05) is 81.9 Å². The van der Waals surface area contributed by atoms with Gasteiger partial charge < -0.3 is 0 Å². The van der Waals surface area contributed by atoms with Gasteiger partial charge in [0.15, 0.2) is 0 Å². The summed E-state index contributed by atoms with van der Waals surface area (Å²) >= 11 is 0. The second-order valence-electron chi connectivity index (χ2n) is 5.75. The average molecular weight is 282 g/mol. The summed E-state index contributed by atoms with van der Waals surface area (Å²) in [6.45, 7) is 2.45. The Bertz CT molecular complexity index is 520. The van der Waals surface area contributed by atoms with E-state index in [0.717, 1.165) is 11.3 Å². The van der Waals surface area contributed by atoms with E-state index in [1.165, 1.54) is 31.0 Å². The fourth-order valence-corrected chi connectivity index (χ4v) is 6.83. The van der Waals surface area contributed by atoms with E-state index < -0.39 is 0 Å². The summed E-state index contributed by atoms with van der Waals surface area (Å²) in [6, 6.07) is 22.3. The van der Waals surface area contributed by atoms with Gasteiger partial charge in [-0.15, -0.1) is 0 Å². The number of hydrogen-bond acceptors (Lipinski definition) is 0. The Kier molecular flexibility index (Phi) is 4.53. The van der Waals surface area contributed by atoms with Gasteiger partial charge in [0, 0.05) is 11.3 Å². The van der Waals surface area contributed by atoms with E-state index >= 15 is 0 Å². The third kappa shape index (κ3) is 2.96. The smallest absolute Gasteiger partial charge is 0.00471 e. The number of benzene rings is 2. The van der Waals surface area contributed by atoms with Crippen LogP contribution in [0.5, 0.6) is 0 Å². The van der Waals surface area contributed by atoms with Gasteiger partial charge in [0.05, 0.1) is 0 Å². The molecule has 0 N–H and O–H groups in total. The quantitative estimate of drug-likeness (QED) is 0.592. The summed E-state index contributed by atoms with van der Waals surface area (Å²) in [6.07, 6.45) is 5.64. The third-order valence-electron chi connectivity index (χ3n) is 4.51. The molecule has 1 saturated heterocycles. The van der Waals surface area contributed by atoms with Gasteiger partial charge in [0.25, 0.3) is 0 Å². The highest BCUT2D eigenvalue weighted by Gasteiger charge is 2.30. The van der Waals surface area contributed by atoms with Gasteiger partial charge in [-0.25, -0.2) is 0 Å². The maximum Gasteiger partial charge on any atom is 0.00471 e. The van der Waals surface area contributed by atoms with Crippen LogP contribution >= 0.6 is 7.92 Å². The van der Waals surface area contributed by atoms with Crippen LogP contribution in [0.1, 0.15) is 48.6 Å². The van der Waals surface area contributed by atoms with E-state index in [4.69, 9.17) is 0 Å². The van der Waals surface area contributed by atoms with Crippen molar-refractivity contribution < 1.29 is 0 Å². The molecular weight excluding hydrogens is 259 g/mol. The zero-order chi connectivity index (χ0) is 13.8. The first-order chi connectivity index (χ1) is 9.86. The Labute approximate surface area is 124 Å². The largest absolute Gasteiger partial charge is 0.0916 e. The molecule has 2 aromatic carbocycles. The summed E-state index contributed by atoms with van der Waals surface area (Å²) in [5, 5.41) is 0. The van der Waals surface area contributed by atoms with Crippen molar-refractivity contribution in [2.24, 2.45) is 0 Å². The minimum absolute atomic E-state index is 0.0511. The molecule has 0 saturated carbocycles. The zero-order valence-electron chi connectivity index (χ0n) is 12.2. The van der Waals surface area contributed by atoms with Gasteiger partial charge >= 0.3 is 0 Å². The van der Waals surface area contributed by atoms with E-state index in [2.05, 4.69) is 67.6 Å². The summed E-state index contributed by atoms with van der Waals surface area (Å²) in [5.41, 5.74) is 4.62. The van der Waals surface area contributed by atoms with E-state index in [0.29, 0.717) is 0 Å². The van der Waals surface area contributed by atoms with Crippen LogP contribution in [0.15, 0.2) is 60.7 Å². The lowest BCUT2D eigenvalue weighted by atomic mass is 10.1. The van der Waals surface area contributed by atoms with Crippen molar-refractivity contribution >= 4 is 7.92 Å². The van der Waals surface area contributed by atoms with E-state index in [1.807, 2.05) is 0 Å². The average Bonchev–Trinajstić information content (AvgIpc) is 2.56. The second-order valence-corrected chi connectivity index (χ2v) is 8.62. The van der Waals surface area contributed by atoms with Crippen LogP contribution in [-0.4, -0.2) is 6.16 Å². The molecule has 1 fully saturated rings. The first-order valence-corrected chi connectivity index (χ1v) is 9.38. The highest BCUT2D eigenvalue weighted by atomic mass is 31.1. The predicted octanol–water partition coefficient (Wildman–Crippen LogP) is 6.15. The van der Waals surface area contributed by atoms with Crippen LogP contribution < -0.4 is 0 Å². The van der Waals surface area contributed by atoms with Crippen LogP contribution in [0.4, 0.5) is 0 Å². The van der Waals surface area contributed by atoms with Crippen LogP contribution in [0.3, 0.4) is 0 Å². The first kappa shape index (κ1) is 13.8. The molecule has 0 aliphatic carbocycles. The van der Waals surface area contributed by atoms with Gasteiger partial charge in [0.2, 0.25) is 0 Å². The third-order valence-corrected chi connectivity index (χ3v) is 7.99. The molecule has 1 aliphatic heterocycles. The second kappa shape index (κ2) is 6.55. The molecule has 3 unspecified atom stereocenters. The Morgan fingerprint density at radius 1 is 0.900 bits per heavy atom. The maximum absolute atomic E-state index is 2.45. The Morgan fingerprint density at radius 3 is 2.25 bits per heavy atom. The monoisotopic (exact) mass is 282 g/mol. The molecule has 0 radical (unpaired) electrons. The molecule has 1 heteroatoms. The molecule has 104 valence electrons. The van der Waals surface area contributed by atoms with E-state index in [9.17, 15) is 0 Å². The molecule has 0 bridgehead atoms. The van der Waals surface area contributed by atoms with Crippen LogP contribution in [0.25, 0.3) is 0 Å². The molecule has 0 nitrogen and oxygen atoms in total. The molecule has 20 heavy (non-hydrogen) atoms. The van der Waals surface area contributed by atoms with Gasteiger partial charge in [-0.3, -0.25) is 0 Å². The van der Waals surface area contributed by atoms with E-state index in [1.54, 1.807) is 5.56 Å². The van der Waals surface area contributed by atoms with Crippen LogP contribution in [-0.2, 0) is 0 Å². The van der Waals surface area contributed by atoms with Crippen molar-refractivity contribution in [1.82, 2.24) is 0 Å². The molecule has 1 aliphatic rings. The molecule has 3 rings (SSSR count). The maximum atomic E-state index is 2.45. The Hall–Kier alpha value is -1.13. The molecule has 0 aromatic heterocycles. The molecule has 2 aromatic rings. The van der Waals surface area contributed by atoms with E-state index in [-0.39, 0.29) is 7.92 Å². The van der Waals surface area contributed by atoms with Crippen molar-refractivity contribution in [3.05, 3.63) is 71.8 Å². The Balaban J connectivity index is 1.86. The lowest BCUT2D eigenvalue weighted by Gasteiger charge is -2.37. The molecule has 1 heterocycles. The number of rotatable bonds is 3. The molecule has 0 amide bonds. The fourth-order valence-electron chi connectivity index (χ4n) is 3.37. The predicted molar refractivity (Wildman–Crippen MR) is 89.7 cm³/mol. The summed E-state index contributed by atoms with van der Waals surface area (Å²) in [5.74, 6) is 0. The van der Waals surface area contributed by atoms with Crippen molar-refractivity contribution in [2.45, 2.75) is 37.5 Å². The van der Waals surface area contributed by atoms with Crippen LogP contribution in [0.2, 0.25) is 0 Å². The van der Waals surface area contributed by atoms with Crippen molar-refractivity contribution in [1.29, 1.82) is 0 Å². The molecular formula is C19H23P. The van der Waals surface area contributed by atoms with Crippen molar-refractivity contribution in [3.8, 4) is 0 Å². The SMILES string of the molecule is CC(c1ccccc1)P1CCCCC1c1ccccc1. The standard InChI is InChI=1S/C19H23P/c1-16(17-10-4-2-5-11-17)20-15-9-8-14-19(20)18-12-6-3-7-13-18/h2-7,10-13,16,19H,8-9,14-15H2,1H3. The first-order valence-electron chi connectivity index (χ1n) is 7.72. The molecule has 3 atom stereocenters. The number of hydrogen-bond donors (Lipinski definition) is 0. The minimum Gasteiger partial charge on any atom is -0.0916 e. The van der Waals surface area contributed by atoms with Gasteiger partial charge in [-0.05, 0) is 30.1 Å². The minimum atomic E-state index is 0.0511. The normalized spacial score (nSPS) is 24.2. The topological polar surface area (TPSA) is 0 Å². The zero-order valence-corrected chi connectivity index (χ0v) is 13.1. The summed E-state index contributed by atoms with van der Waals surface area (Å²) < 4.78 is 0. The van der Waals surface area contributed by atoms with Crippen molar-refractivity contribution in [2.75, 3.05) is 6.16 Å². The fraction of sp³-hybridized carbons (Fsp3) is 0.368. The summed E-state index contributed by atoms with van der Waals surface area (Å²) in [4.78, 5) is 0.